The minimum Gasteiger partial charge on any atom is -0.373 e. The number of ether oxygens (including phenoxy) is 1. The molecule has 3 atom stereocenters. The van der Waals surface area contributed by atoms with Crippen LogP contribution in [0.15, 0.2) is 23.0 Å². The highest BCUT2D eigenvalue weighted by atomic mass is 16.5. The Balaban J connectivity index is 2.03. The highest BCUT2D eigenvalue weighted by molar-refractivity contribution is 5.77. The largest absolute Gasteiger partial charge is 0.373 e. The van der Waals surface area contributed by atoms with E-state index in [1.807, 2.05) is 27.2 Å². The van der Waals surface area contributed by atoms with Crippen molar-refractivity contribution in [1.29, 1.82) is 0 Å². The van der Waals surface area contributed by atoms with Crippen molar-refractivity contribution in [1.82, 2.24) is 14.5 Å². The Labute approximate surface area is 124 Å². The third-order valence-corrected chi connectivity index (χ3v) is 4.60. The zero-order chi connectivity index (χ0) is 15.1. The van der Waals surface area contributed by atoms with Gasteiger partial charge in [-0.3, -0.25) is 9.13 Å². The molecule has 2 aromatic rings. The minimum atomic E-state index is 0.00824. The van der Waals surface area contributed by atoms with Gasteiger partial charge in [0.2, 0.25) is 0 Å². The lowest BCUT2D eigenvalue weighted by Crippen LogP contribution is -2.29. The summed E-state index contributed by atoms with van der Waals surface area (Å²) in [6.45, 7) is 2.12. The third kappa shape index (κ3) is 2.30. The lowest BCUT2D eigenvalue weighted by molar-refractivity contribution is 0.0333. The van der Waals surface area contributed by atoms with Crippen molar-refractivity contribution in [3.8, 4) is 0 Å². The van der Waals surface area contributed by atoms with Gasteiger partial charge in [-0.25, -0.2) is 4.79 Å². The summed E-state index contributed by atoms with van der Waals surface area (Å²) in [5, 5.41) is 3.37. The number of nitrogens with zero attached hydrogens (tertiary/aromatic N) is 2. The molecule has 5 nitrogen and oxygen atoms in total. The maximum absolute atomic E-state index is 12.0. The maximum Gasteiger partial charge on any atom is 0.328 e. The summed E-state index contributed by atoms with van der Waals surface area (Å²) >= 11 is 0. The van der Waals surface area contributed by atoms with E-state index in [0.717, 1.165) is 23.9 Å². The summed E-state index contributed by atoms with van der Waals surface area (Å²) < 4.78 is 9.38. The second-order valence-electron chi connectivity index (χ2n) is 5.98. The topological polar surface area (TPSA) is 48.2 Å². The molecule has 3 rings (SSSR count). The van der Waals surface area contributed by atoms with Crippen LogP contribution >= 0.6 is 0 Å². The number of likely N-dealkylation sites (N-methyl/N-ethyl adjacent to an activating group) is 1. The van der Waals surface area contributed by atoms with Gasteiger partial charge >= 0.3 is 5.69 Å². The minimum absolute atomic E-state index is 0.00824. The number of hydrogen-bond acceptors (Lipinski definition) is 3. The van der Waals surface area contributed by atoms with Gasteiger partial charge in [0.1, 0.15) is 0 Å². The second kappa shape index (κ2) is 5.31. The van der Waals surface area contributed by atoms with Crippen LogP contribution in [-0.4, -0.2) is 28.4 Å². The van der Waals surface area contributed by atoms with Gasteiger partial charge in [-0.1, -0.05) is 6.07 Å². The van der Waals surface area contributed by atoms with Crippen molar-refractivity contribution in [2.24, 2.45) is 14.1 Å². The number of aromatic nitrogens is 2. The molecule has 2 heterocycles. The Kier molecular flexibility index (Phi) is 3.63. The van der Waals surface area contributed by atoms with Crippen LogP contribution < -0.4 is 11.0 Å². The average Bonchev–Trinajstić information content (AvgIpc) is 2.99. The Hall–Kier alpha value is -1.59. The Morgan fingerprint density at radius 2 is 1.95 bits per heavy atom. The summed E-state index contributed by atoms with van der Waals surface area (Å²) in [7, 11) is 5.59. The Morgan fingerprint density at radius 3 is 2.57 bits per heavy atom. The fraction of sp³-hybridized carbons (Fsp3) is 0.562. The van der Waals surface area contributed by atoms with Crippen LogP contribution in [0.5, 0.6) is 0 Å². The standard InChI is InChI=1S/C16H23N3O2/c1-10-5-8-14(21-10)15(17-2)11-6-7-12-13(9-11)19(4)16(20)18(12)3/h6-7,9-10,14-15,17H,5,8H2,1-4H3. The smallest absolute Gasteiger partial charge is 0.328 e. The van der Waals surface area contributed by atoms with Gasteiger partial charge in [0.25, 0.3) is 0 Å². The number of nitrogens with one attached hydrogen (secondary N) is 1. The molecule has 0 spiro atoms. The highest BCUT2D eigenvalue weighted by Gasteiger charge is 2.30. The van der Waals surface area contributed by atoms with E-state index in [1.165, 1.54) is 5.56 Å². The SMILES string of the molecule is CNC(c1ccc2c(c1)n(C)c(=O)n2C)C1CCC(C)O1. The quantitative estimate of drug-likeness (QED) is 0.935. The monoisotopic (exact) mass is 289 g/mol. The summed E-state index contributed by atoms with van der Waals surface area (Å²) in [5.74, 6) is 0. The summed E-state index contributed by atoms with van der Waals surface area (Å²) in [6.07, 6.45) is 2.70. The molecule has 114 valence electrons. The van der Waals surface area contributed by atoms with E-state index in [1.54, 1.807) is 9.13 Å². The van der Waals surface area contributed by atoms with Crippen LogP contribution in [0.1, 0.15) is 31.4 Å². The molecule has 1 saturated heterocycles. The molecule has 1 aliphatic heterocycles. The molecule has 0 aliphatic carbocycles. The molecule has 5 heteroatoms. The van der Waals surface area contributed by atoms with Gasteiger partial charge in [-0.2, -0.15) is 0 Å². The molecule has 1 aromatic carbocycles. The first kappa shape index (κ1) is 14.4. The van der Waals surface area contributed by atoms with Crippen LogP contribution in [-0.2, 0) is 18.8 Å². The molecule has 0 radical (unpaired) electrons. The second-order valence-corrected chi connectivity index (χ2v) is 5.98. The Bertz CT molecular complexity index is 716. The highest BCUT2D eigenvalue weighted by Crippen LogP contribution is 2.31. The summed E-state index contributed by atoms with van der Waals surface area (Å²) in [6, 6.07) is 6.38. The number of benzene rings is 1. The van der Waals surface area contributed by atoms with E-state index in [4.69, 9.17) is 4.74 Å². The van der Waals surface area contributed by atoms with E-state index < -0.39 is 0 Å². The first-order valence-electron chi connectivity index (χ1n) is 7.51. The van der Waals surface area contributed by atoms with Crippen molar-refractivity contribution >= 4 is 11.0 Å². The molecule has 1 aliphatic rings. The molecule has 3 unspecified atom stereocenters. The Morgan fingerprint density at radius 1 is 1.24 bits per heavy atom. The zero-order valence-corrected chi connectivity index (χ0v) is 13.1. The molecule has 0 amide bonds. The van der Waals surface area contributed by atoms with Gasteiger partial charge < -0.3 is 10.1 Å². The van der Waals surface area contributed by atoms with Crippen LogP contribution in [0, 0.1) is 0 Å². The predicted octanol–water partition coefficient (Wildman–Crippen LogP) is 1.70. The number of aryl methyl sites for hydroxylation is 2. The molecule has 0 saturated carbocycles. The van der Waals surface area contributed by atoms with Crippen LogP contribution in [0.3, 0.4) is 0 Å². The van der Waals surface area contributed by atoms with Crippen molar-refractivity contribution in [2.45, 2.75) is 38.0 Å². The van der Waals surface area contributed by atoms with Crippen LogP contribution in [0.25, 0.3) is 11.0 Å². The van der Waals surface area contributed by atoms with Gasteiger partial charge in [-0.15, -0.1) is 0 Å². The molecule has 1 N–H and O–H groups in total. The van der Waals surface area contributed by atoms with E-state index in [2.05, 4.69) is 24.4 Å². The molecular formula is C16H23N3O2. The fourth-order valence-electron chi connectivity index (χ4n) is 3.36. The van der Waals surface area contributed by atoms with Crippen molar-refractivity contribution < 1.29 is 4.74 Å². The molecule has 1 fully saturated rings. The average molecular weight is 289 g/mol. The van der Waals surface area contributed by atoms with Gasteiger partial charge in [0, 0.05) is 14.1 Å². The maximum atomic E-state index is 12.0. The number of imidazole rings is 1. The van der Waals surface area contributed by atoms with E-state index in [9.17, 15) is 4.79 Å². The molecule has 1 aromatic heterocycles. The van der Waals surface area contributed by atoms with Gasteiger partial charge in [0.15, 0.2) is 0 Å². The van der Waals surface area contributed by atoms with Crippen molar-refractivity contribution in [3.05, 3.63) is 34.2 Å². The molecule has 21 heavy (non-hydrogen) atoms. The lowest BCUT2D eigenvalue weighted by Gasteiger charge is -2.23. The fourth-order valence-corrected chi connectivity index (χ4v) is 3.36. The zero-order valence-electron chi connectivity index (χ0n) is 13.1. The number of hydrogen-bond donors (Lipinski definition) is 1. The number of rotatable bonds is 3. The number of fused-ring (bicyclic) bond motifs is 1. The van der Waals surface area contributed by atoms with Crippen molar-refractivity contribution in [2.75, 3.05) is 7.05 Å². The van der Waals surface area contributed by atoms with E-state index in [0.29, 0.717) is 6.10 Å². The van der Waals surface area contributed by atoms with Crippen LogP contribution in [0.2, 0.25) is 0 Å². The van der Waals surface area contributed by atoms with Crippen molar-refractivity contribution in [3.63, 3.8) is 0 Å². The van der Waals surface area contributed by atoms with E-state index >= 15 is 0 Å². The first-order valence-corrected chi connectivity index (χ1v) is 7.51. The molecule has 0 bridgehead atoms. The van der Waals surface area contributed by atoms with Gasteiger partial charge in [0.05, 0.1) is 29.3 Å². The first-order chi connectivity index (χ1) is 10.0. The predicted molar refractivity (Wildman–Crippen MR) is 83.5 cm³/mol. The lowest BCUT2D eigenvalue weighted by atomic mass is 9.99. The summed E-state index contributed by atoms with van der Waals surface area (Å²) in [5.41, 5.74) is 3.10. The molecular weight excluding hydrogens is 266 g/mol. The van der Waals surface area contributed by atoms with Gasteiger partial charge in [-0.05, 0) is 44.5 Å². The normalized spacial score (nSPS) is 23.8. The third-order valence-electron chi connectivity index (χ3n) is 4.60. The summed E-state index contributed by atoms with van der Waals surface area (Å²) in [4.78, 5) is 12.0. The van der Waals surface area contributed by atoms with E-state index in [-0.39, 0.29) is 17.8 Å². The van der Waals surface area contributed by atoms with Crippen LogP contribution in [0.4, 0.5) is 0 Å².